The third-order valence-electron chi connectivity index (χ3n) is 3.99. The van der Waals surface area contributed by atoms with Crippen LogP contribution in [0.3, 0.4) is 0 Å². The van der Waals surface area contributed by atoms with E-state index in [1.807, 2.05) is 29.0 Å². The van der Waals surface area contributed by atoms with E-state index in [0.29, 0.717) is 5.82 Å². The van der Waals surface area contributed by atoms with Crippen LogP contribution in [-0.2, 0) is 5.60 Å². The number of aliphatic hydroxyl groups is 1. The summed E-state index contributed by atoms with van der Waals surface area (Å²) in [5.41, 5.74) is 2.09. The Morgan fingerprint density at radius 3 is 3.00 bits per heavy atom. The molecule has 3 heterocycles. The van der Waals surface area contributed by atoms with Crippen LogP contribution in [0.5, 0.6) is 0 Å². The van der Waals surface area contributed by atoms with Crippen molar-refractivity contribution in [3.63, 3.8) is 0 Å². The maximum absolute atomic E-state index is 11.0. The smallest absolute Gasteiger partial charge is 0.144 e. The van der Waals surface area contributed by atoms with Gasteiger partial charge in [-0.05, 0) is 12.5 Å². The van der Waals surface area contributed by atoms with Crippen molar-refractivity contribution < 1.29 is 5.11 Å². The van der Waals surface area contributed by atoms with Gasteiger partial charge in [0.25, 0.3) is 0 Å². The molecule has 0 aliphatic carbocycles. The molecule has 2 atom stereocenters. The van der Waals surface area contributed by atoms with Gasteiger partial charge >= 0.3 is 0 Å². The zero-order valence-corrected chi connectivity index (χ0v) is 11.0. The second kappa shape index (κ2) is 3.80. The summed E-state index contributed by atoms with van der Waals surface area (Å²) >= 11 is 0. The van der Waals surface area contributed by atoms with Gasteiger partial charge in [0.1, 0.15) is 11.4 Å². The molecule has 1 aliphatic heterocycles. The van der Waals surface area contributed by atoms with Gasteiger partial charge in [-0.3, -0.25) is 0 Å². The molecule has 0 amide bonds. The largest absolute Gasteiger partial charge is 0.380 e. The molecule has 3 aromatic rings. The van der Waals surface area contributed by atoms with Gasteiger partial charge in [0.2, 0.25) is 0 Å². The van der Waals surface area contributed by atoms with Crippen molar-refractivity contribution in [1.29, 1.82) is 0 Å². The van der Waals surface area contributed by atoms with Crippen molar-refractivity contribution in [2.75, 3.05) is 0 Å². The first kappa shape index (κ1) is 11.4. The van der Waals surface area contributed by atoms with Crippen LogP contribution in [0.4, 0.5) is 0 Å². The highest BCUT2D eigenvalue weighted by Gasteiger charge is 2.43. The van der Waals surface area contributed by atoms with Crippen LogP contribution >= 0.6 is 0 Å². The topological polar surface area (TPSA) is 66.7 Å². The van der Waals surface area contributed by atoms with Gasteiger partial charge in [0.15, 0.2) is 0 Å². The number of hydrogen-bond donors (Lipinski definition) is 2. The Morgan fingerprint density at radius 1 is 1.35 bits per heavy atom. The Morgan fingerprint density at radius 2 is 2.20 bits per heavy atom. The van der Waals surface area contributed by atoms with Gasteiger partial charge in [-0.25, -0.2) is 9.97 Å². The van der Waals surface area contributed by atoms with Crippen LogP contribution in [0, 0.1) is 0 Å². The highest BCUT2D eigenvalue weighted by atomic mass is 16.3. The Kier molecular flexibility index (Phi) is 2.17. The highest BCUT2D eigenvalue weighted by molar-refractivity contribution is 5.69. The van der Waals surface area contributed by atoms with Crippen LogP contribution in [0.2, 0.25) is 0 Å². The van der Waals surface area contributed by atoms with E-state index in [0.717, 1.165) is 16.8 Å². The average Bonchev–Trinajstić information content (AvgIpc) is 3.15. The number of nitrogens with one attached hydrogen (secondary N) is 1. The number of aromatic nitrogens is 4. The molecule has 2 unspecified atom stereocenters. The number of imidazole rings is 2. The quantitative estimate of drug-likeness (QED) is 0.746. The van der Waals surface area contributed by atoms with Gasteiger partial charge < -0.3 is 14.7 Å². The molecule has 5 heteroatoms. The van der Waals surface area contributed by atoms with Gasteiger partial charge in [0.05, 0.1) is 24.3 Å². The Hall–Kier alpha value is -2.40. The van der Waals surface area contributed by atoms with E-state index in [4.69, 9.17) is 0 Å². The lowest BCUT2D eigenvalue weighted by molar-refractivity contribution is 0.0106. The summed E-state index contributed by atoms with van der Waals surface area (Å²) in [5.74, 6) is 0.554. The SMILES string of the molecule is CC(O)(c1ncc[nH]1)C1c2ccccc2-c2cncn21. The summed E-state index contributed by atoms with van der Waals surface area (Å²) in [6, 6.07) is 7.86. The standard InChI is InChI=1S/C15H14N4O/c1-15(20,14-17-6-7-18-14)13-11-5-3-2-4-10(11)12-8-16-9-19(12)13/h2-9,13,20H,1H3,(H,17,18). The van der Waals surface area contributed by atoms with E-state index < -0.39 is 5.60 Å². The minimum Gasteiger partial charge on any atom is -0.380 e. The lowest BCUT2D eigenvalue weighted by atomic mass is 9.89. The molecule has 20 heavy (non-hydrogen) atoms. The summed E-state index contributed by atoms with van der Waals surface area (Å²) < 4.78 is 2.01. The van der Waals surface area contributed by atoms with Crippen molar-refractivity contribution in [2.45, 2.75) is 18.6 Å². The number of H-pyrrole nitrogens is 1. The molecule has 100 valence electrons. The first-order chi connectivity index (χ1) is 9.69. The van der Waals surface area contributed by atoms with E-state index >= 15 is 0 Å². The molecule has 0 saturated heterocycles. The number of hydrogen-bond acceptors (Lipinski definition) is 3. The highest BCUT2D eigenvalue weighted by Crippen LogP contribution is 2.46. The Balaban J connectivity index is 1.95. The lowest BCUT2D eigenvalue weighted by Gasteiger charge is -2.30. The Labute approximate surface area is 115 Å². The van der Waals surface area contributed by atoms with Crippen molar-refractivity contribution >= 4 is 0 Å². The molecular weight excluding hydrogens is 252 g/mol. The van der Waals surface area contributed by atoms with Gasteiger partial charge in [-0.1, -0.05) is 24.3 Å². The maximum Gasteiger partial charge on any atom is 0.144 e. The van der Waals surface area contributed by atoms with Crippen LogP contribution in [-0.4, -0.2) is 24.6 Å². The molecule has 1 aliphatic rings. The fourth-order valence-corrected chi connectivity index (χ4v) is 3.08. The number of aromatic amines is 1. The molecule has 1 aromatic carbocycles. The van der Waals surface area contributed by atoms with Gasteiger partial charge in [0, 0.05) is 18.0 Å². The molecule has 0 spiro atoms. The molecule has 2 N–H and O–H groups in total. The second-order valence-corrected chi connectivity index (χ2v) is 5.26. The summed E-state index contributed by atoms with van der Waals surface area (Å²) in [7, 11) is 0. The molecule has 0 fully saturated rings. The molecule has 0 saturated carbocycles. The first-order valence-electron chi connectivity index (χ1n) is 6.53. The molecule has 0 bridgehead atoms. The Bertz CT molecular complexity index is 758. The van der Waals surface area contributed by atoms with Crippen LogP contribution < -0.4 is 0 Å². The lowest BCUT2D eigenvalue weighted by Crippen LogP contribution is -2.34. The zero-order valence-electron chi connectivity index (χ0n) is 11.0. The van der Waals surface area contributed by atoms with E-state index in [-0.39, 0.29) is 6.04 Å². The molecular formula is C15H14N4O. The number of benzene rings is 1. The molecule has 4 rings (SSSR count). The fourth-order valence-electron chi connectivity index (χ4n) is 3.08. The number of rotatable bonds is 2. The monoisotopic (exact) mass is 266 g/mol. The van der Waals surface area contributed by atoms with Crippen molar-refractivity contribution in [3.05, 3.63) is 60.6 Å². The molecule has 0 radical (unpaired) electrons. The van der Waals surface area contributed by atoms with Crippen LogP contribution in [0.15, 0.2) is 49.2 Å². The van der Waals surface area contributed by atoms with Crippen molar-refractivity contribution in [1.82, 2.24) is 19.5 Å². The van der Waals surface area contributed by atoms with E-state index in [2.05, 4.69) is 21.0 Å². The summed E-state index contributed by atoms with van der Waals surface area (Å²) in [5, 5.41) is 11.0. The van der Waals surface area contributed by atoms with E-state index in [1.54, 1.807) is 25.6 Å². The van der Waals surface area contributed by atoms with E-state index in [9.17, 15) is 5.11 Å². The fraction of sp³-hybridized carbons (Fsp3) is 0.200. The minimum absolute atomic E-state index is 0.234. The second-order valence-electron chi connectivity index (χ2n) is 5.26. The summed E-state index contributed by atoms with van der Waals surface area (Å²) in [6.45, 7) is 1.78. The van der Waals surface area contributed by atoms with Gasteiger partial charge in [-0.2, -0.15) is 0 Å². The van der Waals surface area contributed by atoms with Gasteiger partial charge in [-0.15, -0.1) is 0 Å². The minimum atomic E-state index is -1.13. The molecule has 2 aromatic heterocycles. The average molecular weight is 266 g/mol. The van der Waals surface area contributed by atoms with Crippen molar-refractivity contribution in [3.8, 4) is 11.3 Å². The third kappa shape index (κ3) is 1.35. The maximum atomic E-state index is 11.0. The third-order valence-corrected chi connectivity index (χ3v) is 3.99. The van der Waals surface area contributed by atoms with Crippen molar-refractivity contribution in [2.24, 2.45) is 0 Å². The molecule has 5 nitrogen and oxygen atoms in total. The first-order valence-corrected chi connectivity index (χ1v) is 6.53. The normalized spacial score (nSPS) is 19.4. The summed E-state index contributed by atoms with van der Waals surface area (Å²) in [4.78, 5) is 11.4. The van der Waals surface area contributed by atoms with E-state index in [1.165, 1.54) is 0 Å². The zero-order chi connectivity index (χ0) is 13.7. The summed E-state index contributed by atoms with van der Waals surface area (Å²) in [6.07, 6.45) is 6.97. The van der Waals surface area contributed by atoms with Crippen LogP contribution in [0.1, 0.15) is 24.4 Å². The predicted molar refractivity (Wildman–Crippen MR) is 74.0 cm³/mol. The number of fused-ring (bicyclic) bond motifs is 3. The van der Waals surface area contributed by atoms with Crippen LogP contribution in [0.25, 0.3) is 11.3 Å². The number of nitrogens with zero attached hydrogens (tertiary/aromatic N) is 3. The predicted octanol–water partition coefficient (Wildman–Crippen LogP) is 2.08.